The van der Waals surface area contributed by atoms with E-state index >= 15 is 0 Å². The topological polar surface area (TPSA) is 40.7 Å². The number of nitrogens with zero attached hydrogens (tertiary/aromatic N) is 1. The van der Waals surface area contributed by atoms with Crippen LogP contribution in [0.15, 0.2) is 53.8 Å². The maximum Gasteiger partial charge on any atom is 0.0487 e. The lowest BCUT2D eigenvalue weighted by Gasteiger charge is -2.08. The third-order valence-corrected chi connectivity index (χ3v) is 2.67. The molecule has 0 fully saturated rings. The highest BCUT2D eigenvalue weighted by Gasteiger charge is 2.00. The van der Waals surface area contributed by atoms with Crippen LogP contribution in [0.5, 0.6) is 0 Å². The zero-order chi connectivity index (χ0) is 10.3. The van der Waals surface area contributed by atoms with E-state index in [1.165, 1.54) is 10.5 Å². The molecule has 3 nitrogen and oxygen atoms in total. The Morgan fingerprint density at radius 1 is 1.13 bits per heavy atom. The Labute approximate surface area is 92.7 Å². The second kappa shape index (κ2) is 5.26. The molecule has 0 saturated heterocycles. The quantitative estimate of drug-likeness (QED) is 0.666. The van der Waals surface area contributed by atoms with E-state index in [0.29, 0.717) is 0 Å². The molecule has 0 radical (unpaired) electrons. The van der Waals surface area contributed by atoms with Crippen molar-refractivity contribution < 1.29 is 0 Å². The molecule has 1 aromatic carbocycles. The summed E-state index contributed by atoms with van der Waals surface area (Å²) >= 11 is 1.65. The molecule has 0 spiro atoms. The van der Waals surface area contributed by atoms with E-state index in [1.54, 1.807) is 24.3 Å². The summed E-state index contributed by atoms with van der Waals surface area (Å²) in [4.78, 5) is 1.30. The van der Waals surface area contributed by atoms with Crippen molar-refractivity contribution in [3.05, 3.63) is 54.5 Å². The van der Waals surface area contributed by atoms with Crippen LogP contribution in [-0.4, -0.2) is 10.2 Å². The monoisotopic (exact) mass is 217 g/mol. The van der Waals surface area contributed by atoms with Crippen LogP contribution in [0, 0.1) is 0 Å². The molecule has 2 aromatic rings. The first-order valence-electron chi connectivity index (χ1n) is 4.58. The molecule has 76 valence electrons. The SMILES string of the molecule is C1=Cc2ccccc2SN1.c1cn[nH]c1. The molecule has 2 N–H and O–H groups in total. The highest BCUT2D eigenvalue weighted by molar-refractivity contribution is 7.97. The van der Waals surface area contributed by atoms with Crippen LogP contribution in [0.4, 0.5) is 0 Å². The van der Waals surface area contributed by atoms with Crippen LogP contribution in [0.25, 0.3) is 6.08 Å². The zero-order valence-corrected chi connectivity index (χ0v) is 8.87. The van der Waals surface area contributed by atoms with Crippen molar-refractivity contribution in [1.82, 2.24) is 14.9 Å². The minimum Gasteiger partial charge on any atom is -0.332 e. The van der Waals surface area contributed by atoms with Crippen molar-refractivity contribution in [3.63, 3.8) is 0 Å². The van der Waals surface area contributed by atoms with Crippen molar-refractivity contribution in [2.45, 2.75) is 4.90 Å². The molecular weight excluding hydrogens is 206 g/mol. The molecule has 1 aliphatic heterocycles. The van der Waals surface area contributed by atoms with Crippen LogP contribution in [0.2, 0.25) is 0 Å². The third-order valence-electron chi connectivity index (χ3n) is 1.82. The Morgan fingerprint density at radius 3 is 2.73 bits per heavy atom. The van der Waals surface area contributed by atoms with Crippen LogP contribution < -0.4 is 4.72 Å². The first-order valence-corrected chi connectivity index (χ1v) is 5.40. The molecule has 15 heavy (non-hydrogen) atoms. The standard InChI is InChI=1S/C8H7NS.C3H4N2/c1-2-4-8-7(3-1)5-6-9-10-8;1-2-4-5-3-1/h1-6,9H;1-3H,(H,4,5). The molecule has 0 unspecified atom stereocenters. The lowest BCUT2D eigenvalue weighted by atomic mass is 10.2. The number of aromatic amines is 1. The van der Waals surface area contributed by atoms with Gasteiger partial charge < -0.3 is 4.72 Å². The third kappa shape index (κ3) is 2.89. The fourth-order valence-electron chi connectivity index (χ4n) is 1.15. The molecule has 1 aliphatic rings. The normalized spacial score (nSPS) is 12.0. The maximum absolute atomic E-state index is 3.60. The Morgan fingerprint density at radius 2 is 2.07 bits per heavy atom. The summed E-state index contributed by atoms with van der Waals surface area (Å²) < 4.78 is 3.08. The molecule has 0 aliphatic carbocycles. The lowest BCUT2D eigenvalue weighted by molar-refractivity contribution is 1.09. The van der Waals surface area contributed by atoms with Gasteiger partial charge in [0.2, 0.25) is 0 Å². The summed E-state index contributed by atoms with van der Waals surface area (Å²) in [5, 5.41) is 6.21. The fourth-order valence-corrected chi connectivity index (χ4v) is 1.81. The minimum atomic E-state index is 1.30. The number of hydrogen-bond donors (Lipinski definition) is 2. The van der Waals surface area contributed by atoms with Crippen LogP contribution in [0.3, 0.4) is 0 Å². The average Bonchev–Trinajstić information content (AvgIpc) is 2.88. The Bertz CT molecular complexity index is 406. The molecule has 3 rings (SSSR count). The number of aromatic nitrogens is 2. The van der Waals surface area contributed by atoms with Gasteiger partial charge in [-0.25, -0.2) is 0 Å². The predicted molar refractivity (Wildman–Crippen MR) is 63.1 cm³/mol. The van der Waals surface area contributed by atoms with Gasteiger partial charge in [-0.1, -0.05) is 18.2 Å². The van der Waals surface area contributed by atoms with Gasteiger partial charge in [-0.15, -0.1) is 0 Å². The van der Waals surface area contributed by atoms with Gasteiger partial charge in [0, 0.05) is 23.5 Å². The molecule has 4 heteroatoms. The molecule has 1 aromatic heterocycles. The molecule has 0 amide bonds. The maximum atomic E-state index is 3.60. The van der Waals surface area contributed by atoms with Crippen molar-refractivity contribution in [2.24, 2.45) is 0 Å². The minimum absolute atomic E-state index is 1.30. The molecular formula is C11H11N3S. The van der Waals surface area contributed by atoms with Crippen molar-refractivity contribution in [2.75, 3.05) is 0 Å². The molecule has 0 saturated carbocycles. The number of fused-ring (bicyclic) bond motifs is 1. The lowest BCUT2D eigenvalue weighted by Crippen LogP contribution is -1.96. The van der Waals surface area contributed by atoms with E-state index in [0.717, 1.165) is 0 Å². The van der Waals surface area contributed by atoms with Gasteiger partial charge in [-0.2, -0.15) is 5.10 Å². The number of rotatable bonds is 0. The Balaban J connectivity index is 0.000000144. The summed E-state index contributed by atoms with van der Waals surface area (Å²) in [6, 6.07) is 10.2. The highest BCUT2D eigenvalue weighted by atomic mass is 32.2. The van der Waals surface area contributed by atoms with Crippen molar-refractivity contribution >= 4 is 18.0 Å². The van der Waals surface area contributed by atoms with E-state index in [-0.39, 0.29) is 0 Å². The summed E-state index contributed by atoms with van der Waals surface area (Å²) in [6.07, 6.45) is 7.48. The van der Waals surface area contributed by atoms with Gasteiger partial charge in [0.05, 0.1) is 0 Å². The van der Waals surface area contributed by atoms with E-state index < -0.39 is 0 Å². The number of H-pyrrole nitrogens is 1. The Hall–Kier alpha value is -1.68. The van der Waals surface area contributed by atoms with Gasteiger partial charge in [0.15, 0.2) is 0 Å². The first-order chi connectivity index (χ1) is 7.47. The number of benzene rings is 1. The van der Waals surface area contributed by atoms with Crippen molar-refractivity contribution in [1.29, 1.82) is 0 Å². The van der Waals surface area contributed by atoms with Gasteiger partial charge in [-0.3, -0.25) is 5.10 Å². The van der Waals surface area contributed by atoms with E-state index in [2.05, 4.69) is 39.2 Å². The predicted octanol–water partition coefficient (Wildman–Crippen LogP) is 2.68. The largest absolute Gasteiger partial charge is 0.332 e. The van der Waals surface area contributed by atoms with Gasteiger partial charge >= 0.3 is 0 Å². The van der Waals surface area contributed by atoms with Gasteiger partial charge in [-0.05, 0) is 35.7 Å². The van der Waals surface area contributed by atoms with Crippen LogP contribution in [0.1, 0.15) is 5.56 Å². The second-order valence-electron chi connectivity index (χ2n) is 2.86. The summed E-state index contributed by atoms with van der Waals surface area (Å²) in [7, 11) is 0. The van der Waals surface area contributed by atoms with Gasteiger partial charge in [0.1, 0.15) is 0 Å². The van der Waals surface area contributed by atoms with Crippen molar-refractivity contribution in [3.8, 4) is 0 Å². The number of nitrogens with one attached hydrogen (secondary N) is 2. The summed E-state index contributed by atoms with van der Waals surface area (Å²) in [5.74, 6) is 0. The second-order valence-corrected chi connectivity index (χ2v) is 3.74. The van der Waals surface area contributed by atoms with E-state index in [9.17, 15) is 0 Å². The van der Waals surface area contributed by atoms with Gasteiger partial charge in [0.25, 0.3) is 0 Å². The molecule has 0 bridgehead atoms. The smallest absolute Gasteiger partial charge is 0.0487 e. The van der Waals surface area contributed by atoms with Crippen LogP contribution >= 0.6 is 11.9 Å². The van der Waals surface area contributed by atoms with E-state index in [1.807, 2.05) is 18.3 Å². The molecule has 0 atom stereocenters. The summed E-state index contributed by atoms with van der Waals surface area (Å²) in [5.41, 5.74) is 1.30. The summed E-state index contributed by atoms with van der Waals surface area (Å²) in [6.45, 7) is 0. The first kappa shape index (κ1) is 9.86. The zero-order valence-electron chi connectivity index (χ0n) is 8.05. The van der Waals surface area contributed by atoms with Crippen LogP contribution in [-0.2, 0) is 0 Å². The molecule has 2 heterocycles. The highest BCUT2D eigenvalue weighted by Crippen LogP contribution is 2.23. The number of hydrogen-bond acceptors (Lipinski definition) is 3. The average molecular weight is 217 g/mol. The van der Waals surface area contributed by atoms with E-state index in [4.69, 9.17) is 0 Å². The fraction of sp³-hybridized carbons (Fsp3) is 0. The Kier molecular flexibility index (Phi) is 3.46.